The molecule has 0 atom stereocenters. The second kappa shape index (κ2) is 1.77. The normalized spacial score (nSPS) is 10.4. The van der Waals surface area contributed by atoms with Crippen LogP contribution in [0.2, 0.25) is 0 Å². The smallest absolute Gasteiger partial charge is 0.179 e. The fourth-order valence-corrected chi connectivity index (χ4v) is 1.03. The summed E-state index contributed by atoms with van der Waals surface area (Å²) in [6.07, 6.45) is 1.82. The third-order valence-electron chi connectivity index (χ3n) is 1.52. The van der Waals surface area contributed by atoms with Crippen molar-refractivity contribution in [3.8, 4) is 5.75 Å². The molecule has 0 saturated carbocycles. The van der Waals surface area contributed by atoms with Crippen LogP contribution in [0.1, 0.15) is 0 Å². The van der Waals surface area contributed by atoms with Gasteiger partial charge in [0.05, 0.1) is 0 Å². The van der Waals surface area contributed by atoms with E-state index in [0.717, 1.165) is 10.9 Å². The topological polar surface area (TPSA) is 35.7 Å². The molecule has 0 unspecified atom stereocenters. The molecule has 2 heteroatoms. The molecule has 0 saturated heterocycles. The highest BCUT2D eigenvalue weighted by Crippen LogP contribution is 2.18. The van der Waals surface area contributed by atoms with Gasteiger partial charge in [0.25, 0.3) is 0 Å². The predicted octanol–water partition coefficient (Wildman–Crippen LogP) is 2.31. The first-order valence-corrected chi connectivity index (χ1v) is 3.10. The zero-order valence-electron chi connectivity index (χ0n) is 5.29. The van der Waals surface area contributed by atoms with Crippen LogP contribution in [0.5, 0.6) is 5.75 Å². The summed E-state index contributed by atoms with van der Waals surface area (Å²) in [5, 5.41) is 11.7. The van der Waals surface area contributed by atoms with Gasteiger partial charge in [0.15, 0.2) is 5.75 Å². The highest BCUT2D eigenvalue weighted by Gasteiger charge is 1.94. The van der Waals surface area contributed by atoms with Crippen molar-refractivity contribution in [1.82, 2.24) is 4.98 Å². The van der Waals surface area contributed by atoms with E-state index in [1.54, 1.807) is 18.2 Å². The molecule has 10 heavy (non-hydrogen) atoms. The number of H-pyrrole nitrogens is 1. The summed E-state index contributed by atoms with van der Waals surface area (Å²) >= 11 is 0. The van der Waals surface area contributed by atoms with Gasteiger partial charge in [-0.1, -0.05) is 0 Å². The Morgan fingerprint density at radius 2 is 2.10 bits per heavy atom. The van der Waals surface area contributed by atoms with Crippen molar-refractivity contribution in [2.75, 3.05) is 0 Å². The molecule has 1 radical (unpaired) electrons. The highest BCUT2D eigenvalue weighted by molar-refractivity contribution is 5.80. The summed E-state index contributed by atoms with van der Waals surface area (Å²) in [7, 11) is 0. The van der Waals surface area contributed by atoms with Crippen molar-refractivity contribution in [1.29, 1.82) is 0 Å². The third-order valence-corrected chi connectivity index (χ3v) is 1.52. The van der Waals surface area contributed by atoms with Crippen LogP contribution in [0.3, 0.4) is 0 Å². The summed E-state index contributed by atoms with van der Waals surface area (Å²) < 4.78 is 0. The summed E-state index contributed by atoms with van der Waals surface area (Å²) in [5.41, 5.74) is 1.01. The Kier molecular flexibility index (Phi) is 0.947. The lowest BCUT2D eigenvalue weighted by molar-refractivity contribution is 0.355. The minimum Gasteiger partial charge on any atom is -0.361 e. The van der Waals surface area contributed by atoms with Gasteiger partial charge >= 0.3 is 0 Å². The van der Waals surface area contributed by atoms with Crippen LogP contribution < -0.4 is 0 Å². The minimum absolute atomic E-state index is 0.0621. The van der Waals surface area contributed by atoms with E-state index in [0.29, 0.717) is 0 Å². The fourth-order valence-electron chi connectivity index (χ4n) is 1.03. The zero-order chi connectivity index (χ0) is 6.97. The largest absolute Gasteiger partial charge is 0.361 e. The summed E-state index contributed by atoms with van der Waals surface area (Å²) in [4.78, 5) is 3.01. The van der Waals surface area contributed by atoms with E-state index in [4.69, 9.17) is 0 Å². The van der Waals surface area contributed by atoms with E-state index in [2.05, 4.69) is 4.98 Å². The van der Waals surface area contributed by atoms with Crippen LogP contribution in [0, 0.1) is 0 Å². The first-order valence-electron chi connectivity index (χ1n) is 3.10. The molecule has 49 valence electrons. The van der Waals surface area contributed by atoms with Crippen LogP contribution in [0.25, 0.3) is 10.9 Å². The van der Waals surface area contributed by atoms with Crippen LogP contribution in [-0.4, -0.2) is 4.98 Å². The average Bonchev–Trinajstić information content (AvgIpc) is 2.33. The predicted molar refractivity (Wildman–Crippen MR) is 38.4 cm³/mol. The Balaban J connectivity index is 2.86. The lowest BCUT2D eigenvalue weighted by Crippen LogP contribution is -1.64. The molecular weight excluding hydrogens is 126 g/mol. The zero-order valence-corrected chi connectivity index (χ0v) is 5.29. The highest BCUT2D eigenvalue weighted by atomic mass is 16.3. The molecule has 0 aliphatic rings. The standard InChI is InChI=1S/C8H6NO/c10-7-1-2-8-6(5-7)3-4-9-8/h1-5,9H. The SMILES string of the molecule is [O]c1ccc2[nH]ccc2c1. The van der Waals surface area contributed by atoms with Crippen molar-refractivity contribution in [2.45, 2.75) is 0 Å². The second-order valence-electron chi connectivity index (χ2n) is 2.23. The van der Waals surface area contributed by atoms with Gasteiger partial charge in [-0.25, -0.2) is 0 Å². The number of nitrogens with one attached hydrogen (secondary N) is 1. The molecule has 0 bridgehead atoms. The van der Waals surface area contributed by atoms with Crippen molar-refractivity contribution in [3.63, 3.8) is 0 Å². The Hall–Kier alpha value is -1.44. The van der Waals surface area contributed by atoms with Crippen LogP contribution in [-0.2, 0) is 5.11 Å². The summed E-state index contributed by atoms with van der Waals surface area (Å²) in [6.45, 7) is 0. The first-order chi connectivity index (χ1) is 4.86. The Morgan fingerprint density at radius 1 is 1.20 bits per heavy atom. The molecule has 1 aromatic carbocycles. The molecule has 1 N–H and O–H groups in total. The maximum atomic E-state index is 10.8. The maximum absolute atomic E-state index is 10.8. The summed E-state index contributed by atoms with van der Waals surface area (Å²) in [6, 6.07) is 6.85. The number of fused-ring (bicyclic) bond motifs is 1. The molecule has 2 aromatic rings. The van der Waals surface area contributed by atoms with E-state index in [1.165, 1.54) is 0 Å². The lowest BCUT2D eigenvalue weighted by atomic mass is 10.2. The molecule has 1 aromatic heterocycles. The number of hydrogen-bond acceptors (Lipinski definition) is 0. The van der Waals surface area contributed by atoms with Gasteiger partial charge in [-0.05, 0) is 24.3 Å². The van der Waals surface area contributed by atoms with E-state index in [9.17, 15) is 5.11 Å². The van der Waals surface area contributed by atoms with Crippen LogP contribution in [0.15, 0.2) is 30.5 Å². The number of benzene rings is 1. The van der Waals surface area contributed by atoms with Crippen molar-refractivity contribution in [3.05, 3.63) is 30.5 Å². The van der Waals surface area contributed by atoms with Crippen LogP contribution in [0.4, 0.5) is 0 Å². The fraction of sp³-hybridized carbons (Fsp3) is 0. The maximum Gasteiger partial charge on any atom is 0.179 e. The molecule has 1 heterocycles. The van der Waals surface area contributed by atoms with Gasteiger partial charge < -0.3 is 4.98 Å². The molecule has 0 spiro atoms. The average molecular weight is 132 g/mol. The van der Waals surface area contributed by atoms with Gasteiger partial charge in [0.1, 0.15) is 0 Å². The Labute approximate surface area is 58.1 Å². The van der Waals surface area contributed by atoms with Crippen molar-refractivity contribution >= 4 is 10.9 Å². The molecule has 0 aliphatic carbocycles. The molecule has 0 amide bonds. The summed E-state index contributed by atoms with van der Waals surface area (Å²) in [5.74, 6) is 0.0621. The van der Waals surface area contributed by atoms with Gasteiger partial charge in [-0.2, -0.15) is 0 Å². The van der Waals surface area contributed by atoms with Gasteiger partial charge in [0, 0.05) is 17.1 Å². The number of hydrogen-bond donors (Lipinski definition) is 1. The Bertz CT molecular complexity index is 351. The van der Waals surface area contributed by atoms with E-state index < -0.39 is 0 Å². The number of rotatable bonds is 0. The second-order valence-corrected chi connectivity index (χ2v) is 2.23. The number of aromatic amines is 1. The lowest BCUT2D eigenvalue weighted by Gasteiger charge is -1.86. The third kappa shape index (κ3) is 0.658. The molecular formula is C8H6NO. The van der Waals surface area contributed by atoms with Crippen molar-refractivity contribution in [2.24, 2.45) is 0 Å². The van der Waals surface area contributed by atoms with E-state index in [1.807, 2.05) is 12.3 Å². The monoisotopic (exact) mass is 132 g/mol. The minimum atomic E-state index is 0.0621. The first kappa shape index (κ1) is 5.35. The van der Waals surface area contributed by atoms with Gasteiger partial charge in [-0.3, -0.25) is 5.11 Å². The quantitative estimate of drug-likeness (QED) is 0.571. The van der Waals surface area contributed by atoms with Crippen molar-refractivity contribution < 1.29 is 5.11 Å². The molecule has 2 rings (SSSR count). The molecule has 0 fully saturated rings. The van der Waals surface area contributed by atoms with E-state index >= 15 is 0 Å². The Morgan fingerprint density at radius 3 is 3.00 bits per heavy atom. The molecule has 0 aliphatic heterocycles. The van der Waals surface area contributed by atoms with Gasteiger partial charge in [-0.15, -0.1) is 0 Å². The number of aromatic nitrogens is 1. The van der Waals surface area contributed by atoms with Gasteiger partial charge in [0.2, 0.25) is 0 Å². The van der Waals surface area contributed by atoms with Crippen LogP contribution >= 0.6 is 0 Å². The molecule has 2 nitrogen and oxygen atoms in total. The van der Waals surface area contributed by atoms with E-state index in [-0.39, 0.29) is 5.75 Å².